The minimum Gasteiger partial charge on any atom is -0.394 e. The first kappa shape index (κ1) is 25.6. The summed E-state index contributed by atoms with van der Waals surface area (Å²) < 4.78 is 10.9. The van der Waals surface area contributed by atoms with Crippen molar-refractivity contribution in [1.82, 2.24) is 0 Å². The van der Waals surface area contributed by atoms with E-state index in [1.807, 2.05) is 0 Å². The predicted molar refractivity (Wildman–Crippen MR) is 113 cm³/mol. The van der Waals surface area contributed by atoms with Crippen LogP contribution >= 0.6 is 0 Å². The minimum atomic E-state index is -1.06. The Kier molecular flexibility index (Phi) is 15.9. The number of allylic oxidation sites excluding steroid dienone is 1. The van der Waals surface area contributed by atoms with E-state index in [1.165, 1.54) is 70.6 Å². The van der Waals surface area contributed by atoms with Gasteiger partial charge in [0.05, 0.1) is 19.8 Å². The maximum atomic E-state index is 10.0. The van der Waals surface area contributed by atoms with Gasteiger partial charge in [-0.1, -0.05) is 83.3 Å². The molecule has 3 N–H and O–H groups in total. The van der Waals surface area contributed by atoms with Gasteiger partial charge in [-0.2, -0.15) is 0 Å². The third-order valence-electron chi connectivity index (χ3n) is 5.49. The molecule has 0 radical (unpaired) electrons. The average Bonchev–Trinajstić information content (AvgIpc) is 3.07. The number of aliphatic hydroxyl groups is 3. The van der Waals surface area contributed by atoms with Crippen LogP contribution in [0.3, 0.4) is 0 Å². The smallest absolute Gasteiger partial charge is 0.114 e. The van der Waals surface area contributed by atoms with E-state index in [0.29, 0.717) is 6.61 Å². The van der Waals surface area contributed by atoms with Gasteiger partial charge >= 0.3 is 0 Å². The summed E-state index contributed by atoms with van der Waals surface area (Å²) in [6, 6.07) is 0. The third kappa shape index (κ3) is 11.5. The molecule has 5 heteroatoms. The second kappa shape index (κ2) is 17.4. The van der Waals surface area contributed by atoms with Crippen LogP contribution in [0.15, 0.2) is 12.2 Å². The van der Waals surface area contributed by atoms with Crippen LogP contribution in [0, 0.1) is 0 Å². The summed E-state index contributed by atoms with van der Waals surface area (Å²) >= 11 is 0. The second-order valence-electron chi connectivity index (χ2n) is 8.03. The summed E-state index contributed by atoms with van der Waals surface area (Å²) in [6.45, 7) is 2.63. The van der Waals surface area contributed by atoms with Crippen molar-refractivity contribution in [3.8, 4) is 0 Å². The molecule has 4 atom stereocenters. The van der Waals surface area contributed by atoms with Gasteiger partial charge in [-0.3, -0.25) is 0 Å². The van der Waals surface area contributed by atoms with E-state index in [-0.39, 0.29) is 6.61 Å². The molecule has 0 aromatic rings. The number of rotatable bonds is 18. The molecule has 0 amide bonds. The second-order valence-corrected chi connectivity index (χ2v) is 8.03. The Labute approximate surface area is 172 Å². The van der Waals surface area contributed by atoms with E-state index in [2.05, 4.69) is 19.1 Å². The Balaban J connectivity index is 1.86. The Morgan fingerprint density at radius 2 is 1.50 bits per heavy atom. The zero-order chi connectivity index (χ0) is 20.5. The lowest BCUT2D eigenvalue weighted by molar-refractivity contribution is -0.0726. The zero-order valence-corrected chi connectivity index (χ0v) is 17.9. The van der Waals surface area contributed by atoms with Gasteiger partial charge in [0.15, 0.2) is 0 Å². The largest absolute Gasteiger partial charge is 0.394 e. The number of hydrogen-bond donors (Lipinski definition) is 3. The highest BCUT2D eigenvalue weighted by Gasteiger charge is 2.40. The van der Waals surface area contributed by atoms with Gasteiger partial charge in [-0.05, 0) is 19.3 Å². The van der Waals surface area contributed by atoms with Gasteiger partial charge in [0.2, 0.25) is 0 Å². The van der Waals surface area contributed by atoms with Gasteiger partial charge in [0.1, 0.15) is 24.4 Å². The lowest BCUT2D eigenvalue weighted by Crippen LogP contribution is -2.41. The molecule has 1 aliphatic rings. The molecule has 0 aromatic heterocycles. The van der Waals surface area contributed by atoms with Gasteiger partial charge in [0.25, 0.3) is 0 Å². The van der Waals surface area contributed by atoms with Crippen LogP contribution < -0.4 is 0 Å². The molecule has 1 rings (SSSR count). The topological polar surface area (TPSA) is 79.2 Å². The van der Waals surface area contributed by atoms with Gasteiger partial charge in [0, 0.05) is 0 Å². The third-order valence-corrected chi connectivity index (χ3v) is 5.49. The van der Waals surface area contributed by atoms with E-state index in [9.17, 15) is 10.2 Å². The molecule has 1 heterocycles. The van der Waals surface area contributed by atoms with Crippen molar-refractivity contribution < 1.29 is 24.8 Å². The maximum absolute atomic E-state index is 10.0. The molecule has 28 heavy (non-hydrogen) atoms. The van der Waals surface area contributed by atoms with Gasteiger partial charge < -0.3 is 24.8 Å². The van der Waals surface area contributed by atoms with Crippen LogP contribution in [0.25, 0.3) is 0 Å². The van der Waals surface area contributed by atoms with Crippen molar-refractivity contribution >= 4 is 0 Å². The molecule has 0 saturated carbocycles. The number of ether oxygens (including phenoxy) is 2. The average molecular weight is 401 g/mol. The van der Waals surface area contributed by atoms with Crippen molar-refractivity contribution in [1.29, 1.82) is 0 Å². The molecule has 166 valence electrons. The van der Waals surface area contributed by atoms with Crippen molar-refractivity contribution in [3.63, 3.8) is 0 Å². The van der Waals surface area contributed by atoms with E-state index in [1.54, 1.807) is 0 Å². The van der Waals surface area contributed by atoms with E-state index in [0.717, 1.165) is 12.8 Å². The number of aliphatic hydroxyl groups excluding tert-OH is 3. The van der Waals surface area contributed by atoms with Crippen LogP contribution in [0.1, 0.15) is 90.4 Å². The SMILES string of the molecule is CCCCCCCCCCCCC/C=C/CCO[C@@H]1CO[C@@H]([C@@H](O)CO)[C@H]1O. The molecule has 1 fully saturated rings. The lowest BCUT2D eigenvalue weighted by atomic mass is 10.1. The molecule has 1 aliphatic heterocycles. The van der Waals surface area contributed by atoms with Crippen molar-refractivity contribution in [3.05, 3.63) is 12.2 Å². The summed E-state index contributed by atoms with van der Waals surface area (Å²) in [5.74, 6) is 0. The summed E-state index contributed by atoms with van der Waals surface area (Å²) in [4.78, 5) is 0. The zero-order valence-electron chi connectivity index (χ0n) is 17.9. The highest BCUT2D eigenvalue weighted by Crippen LogP contribution is 2.20. The van der Waals surface area contributed by atoms with Crippen molar-refractivity contribution in [2.75, 3.05) is 19.8 Å². The van der Waals surface area contributed by atoms with Crippen LogP contribution in [0.5, 0.6) is 0 Å². The first-order chi connectivity index (χ1) is 13.7. The Hall–Kier alpha value is -0.460. The minimum absolute atomic E-state index is 0.255. The number of hydrogen-bond acceptors (Lipinski definition) is 5. The molecule has 0 spiro atoms. The summed E-state index contributed by atoms with van der Waals surface area (Å²) in [7, 11) is 0. The standard InChI is InChI=1S/C23H44O5/c1-2-3-4-5-6-7-8-9-10-11-12-13-14-15-16-17-27-21-19-28-23(22(21)26)20(25)18-24/h14-15,20-26H,2-13,16-19H2,1H3/b15-14+/t20-,21+,22-,23-/m0/s1. The Morgan fingerprint density at radius 1 is 0.929 bits per heavy atom. The van der Waals surface area contributed by atoms with Crippen LogP contribution in [-0.2, 0) is 9.47 Å². The van der Waals surface area contributed by atoms with Gasteiger partial charge in [-0.25, -0.2) is 0 Å². The first-order valence-corrected chi connectivity index (χ1v) is 11.6. The summed E-state index contributed by atoms with van der Waals surface area (Å²) in [5.41, 5.74) is 0. The van der Waals surface area contributed by atoms with Crippen LogP contribution in [-0.4, -0.2) is 59.6 Å². The van der Waals surface area contributed by atoms with Gasteiger partial charge in [-0.15, -0.1) is 0 Å². The monoisotopic (exact) mass is 400 g/mol. The van der Waals surface area contributed by atoms with Crippen LogP contribution in [0.4, 0.5) is 0 Å². The fraction of sp³-hybridized carbons (Fsp3) is 0.913. The molecule has 5 nitrogen and oxygen atoms in total. The molecule has 0 aliphatic carbocycles. The quantitative estimate of drug-likeness (QED) is 0.238. The predicted octanol–water partition coefficient (Wildman–Crippen LogP) is 4.13. The van der Waals surface area contributed by atoms with Crippen molar-refractivity contribution in [2.24, 2.45) is 0 Å². The Bertz CT molecular complexity index is 374. The maximum Gasteiger partial charge on any atom is 0.114 e. The Morgan fingerprint density at radius 3 is 2.11 bits per heavy atom. The summed E-state index contributed by atoms with van der Waals surface area (Å²) in [6.07, 6.45) is 18.2. The first-order valence-electron chi connectivity index (χ1n) is 11.6. The fourth-order valence-corrected chi connectivity index (χ4v) is 3.65. The van der Waals surface area contributed by atoms with Crippen molar-refractivity contribution in [2.45, 2.75) is 115 Å². The van der Waals surface area contributed by atoms with Crippen LogP contribution in [0.2, 0.25) is 0 Å². The molecule has 0 unspecified atom stereocenters. The molecule has 1 saturated heterocycles. The highest BCUT2D eigenvalue weighted by molar-refractivity contribution is 4.89. The fourth-order valence-electron chi connectivity index (χ4n) is 3.65. The molecule has 0 bridgehead atoms. The molecular weight excluding hydrogens is 356 g/mol. The summed E-state index contributed by atoms with van der Waals surface area (Å²) in [5, 5.41) is 28.5. The normalized spacial score (nSPS) is 23.6. The highest BCUT2D eigenvalue weighted by atomic mass is 16.6. The lowest BCUT2D eigenvalue weighted by Gasteiger charge is -2.20. The van der Waals surface area contributed by atoms with E-state index < -0.39 is 31.0 Å². The van der Waals surface area contributed by atoms with E-state index in [4.69, 9.17) is 14.6 Å². The molecule has 0 aromatic carbocycles. The van der Waals surface area contributed by atoms with E-state index >= 15 is 0 Å². The molecular formula is C23H44O5. The number of unbranched alkanes of at least 4 members (excludes halogenated alkanes) is 11.